The lowest BCUT2D eigenvalue weighted by Gasteiger charge is -2.30. The standard InChI is InChI=1S/C13H23N3OS/c1-3-6-14-13-15-9-12(18-13)10-16(2)11-4-7-17-8-5-11/h9,11H,3-8,10H2,1-2H3,(H,14,15). The summed E-state index contributed by atoms with van der Waals surface area (Å²) in [6, 6.07) is 0.660. The largest absolute Gasteiger partial charge is 0.381 e. The van der Waals surface area contributed by atoms with Gasteiger partial charge in [-0.05, 0) is 26.3 Å². The third-order valence-corrected chi connectivity index (χ3v) is 4.24. The van der Waals surface area contributed by atoms with Crippen molar-refractivity contribution in [2.75, 3.05) is 32.1 Å². The first-order chi connectivity index (χ1) is 8.79. The van der Waals surface area contributed by atoms with Gasteiger partial charge in [0.05, 0.1) is 0 Å². The number of hydrogen-bond acceptors (Lipinski definition) is 5. The third-order valence-electron chi connectivity index (χ3n) is 3.30. The molecule has 0 atom stereocenters. The second-order valence-electron chi connectivity index (χ2n) is 4.82. The number of rotatable bonds is 6. The summed E-state index contributed by atoms with van der Waals surface area (Å²) < 4.78 is 5.40. The zero-order valence-electron chi connectivity index (χ0n) is 11.3. The fourth-order valence-corrected chi connectivity index (χ4v) is 3.10. The van der Waals surface area contributed by atoms with E-state index in [2.05, 4.69) is 29.2 Å². The Morgan fingerprint density at radius 2 is 2.28 bits per heavy atom. The fraction of sp³-hybridized carbons (Fsp3) is 0.769. The van der Waals surface area contributed by atoms with Crippen molar-refractivity contribution >= 4 is 16.5 Å². The number of hydrogen-bond donors (Lipinski definition) is 1. The smallest absolute Gasteiger partial charge is 0.182 e. The van der Waals surface area contributed by atoms with E-state index in [0.29, 0.717) is 6.04 Å². The SMILES string of the molecule is CCCNc1ncc(CN(C)C2CCOCC2)s1. The van der Waals surface area contributed by atoms with Crippen LogP contribution in [0.4, 0.5) is 5.13 Å². The molecule has 0 aromatic carbocycles. The molecule has 4 nitrogen and oxygen atoms in total. The Bertz CT molecular complexity index is 350. The monoisotopic (exact) mass is 269 g/mol. The highest BCUT2D eigenvalue weighted by molar-refractivity contribution is 7.15. The number of nitrogens with zero attached hydrogens (tertiary/aromatic N) is 2. The van der Waals surface area contributed by atoms with Crippen LogP contribution >= 0.6 is 11.3 Å². The summed E-state index contributed by atoms with van der Waals surface area (Å²) in [5.74, 6) is 0. The summed E-state index contributed by atoms with van der Waals surface area (Å²) in [5.41, 5.74) is 0. The van der Waals surface area contributed by atoms with E-state index in [1.54, 1.807) is 11.3 Å². The second-order valence-corrected chi connectivity index (χ2v) is 5.93. The maximum Gasteiger partial charge on any atom is 0.182 e. The third kappa shape index (κ3) is 3.93. The van der Waals surface area contributed by atoms with E-state index in [1.807, 2.05) is 6.20 Å². The Balaban J connectivity index is 1.82. The van der Waals surface area contributed by atoms with E-state index >= 15 is 0 Å². The van der Waals surface area contributed by atoms with Crippen LogP contribution in [-0.2, 0) is 11.3 Å². The van der Waals surface area contributed by atoms with Crippen LogP contribution in [0.25, 0.3) is 0 Å². The van der Waals surface area contributed by atoms with E-state index in [-0.39, 0.29) is 0 Å². The molecular formula is C13H23N3OS. The van der Waals surface area contributed by atoms with Gasteiger partial charge in [0.25, 0.3) is 0 Å². The second kappa shape index (κ2) is 7.07. The van der Waals surface area contributed by atoms with Crippen LogP contribution in [0.3, 0.4) is 0 Å². The Morgan fingerprint density at radius 3 is 3.00 bits per heavy atom. The van der Waals surface area contributed by atoms with Gasteiger partial charge in [-0.15, -0.1) is 11.3 Å². The molecule has 0 radical (unpaired) electrons. The summed E-state index contributed by atoms with van der Waals surface area (Å²) in [6.45, 7) is 5.97. The fourth-order valence-electron chi connectivity index (χ4n) is 2.20. The first-order valence-electron chi connectivity index (χ1n) is 6.76. The van der Waals surface area contributed by atoms with Crippen LogP contribution < -0.4 is 5.32 Å². The highest BCUT2D eigenvalue weighted by Crippen LogP contribution is 2.22. The van der Waals surface area contributed by atoms with Gasteiger partial charge < -0.3 is 10.1 Å². The molecular weight excluding hydrogens is 246 g/mol. The average molecular weight is 269 g/mol. The maximum atomic E-state index is 5.40. The number of aromatic nitrogens is 1. The first kappa shape index (κ1) is 13.8. The lowest BCUT2D eigenvalue weighted by Crippen LogP contribution is -2.35. The van der Waals surface area contributed by atoms with Crippen LogP contribution in [0, 0.1) is 0 Å². The van der Waals surface area contributed by atoms with E-state index < -0.39 is 0 Å². The molecule has 1 saturated heterocycles. The topological polar surface area (TPSA) is 37.4 Å². The lowest BCUT2D eigenvalue weighted by molar-refractivity contribution is 0.0410. The van der Waals surface area contributed by atoms with Gasteiger partial charge >= 0.3 is 0 Å². The predicted octanol–water partition coefficient (Wildman–Crippen LogP) is 2.58. The molecule has 0 bridgehead atoms. The molecule has 1 aromatic rings. The van der Waals surface area contributed by atoms with Crippen molar-refractivity contribution in [3.8, 4) is 0 Å². The highest BCUT2D eigenvalue weighted by atomic mass is 32.1. The van der Waals surface area contributed by atoms with Crippen molar-refractivity contribution < 1.29 is 4.74 Å². The zero-order valence-corrected chi connectivity index (χ0v) is 12.1. The van der Waals surface area contributed by atoms with Crippen molar-refractivity contribution in [3.05, 3.63) is 11.1 Å². The van der Waals surface area contributed by atoms with Crippen LogP contribution in [0.1, 0.15) is 31.1 Å². The van der Waals surface area contributed by atoms with Gasteiger partial charge in [0, 0.05) is 43.4 Å². The van der Waals surface area contributed by atoms with Gasteiger partial charge in [-0.3, -0.25) is 4.90 Å². The van der Waals surface area contributed by atoms with E-state index in [4.69, 9.17) is 4.74 Å². The van der Waals surface area contributed by atoms with Crippen molar-refractivity contribution in [1.29, 1.82) is 0 Å². The van der Waals surface area contributed by atoms with Crippen LogP contribution in [0.2, 0.25) is 0 Å². The van der Waals surface area contributed by atoms with Crippen molar-refractivity contribution in [3.63, 3.8) is 0 Å². The molecule has 1 aliphatic heterocycles. The maximum absolute atomic E-state index is 5.40. The number of ether oxygens (including phenoxy) is 1. The van der Waals surface area contributed by atoms with E-state index in [1.165, 1.54) is 4.88 Å². The van der Waals surface area contributed by atoms with Crippen molar-refractivity contribution in [2.45, 2.75) is 38.8 Å². The summed E-state index contributed by atoms with van der Waals surface area (Å²) in [7, 11) is 2.20. The van der Waals surface area contributed by atoms with Gasteiger partial charge in [-0.1, -0.05) is 6.92 Å². The quantitative estimate of drug-likeness (QED) is 0.861. The van der Waals surface area contributed by atoms with Crippen molar-refractivity contribution in [2.24, 2.45) is 0 Å². The summed E-state index contributed by atoms with van der Waals surface area (Å²) in [4.78, 5) is 8.17. The molecule has 1 N–H and O–H groups in total. The predicted molar refractivity (Wildman–Crippen MR) is 76.2 cm³/mol. The number of nitrogens with one attached hydrogen (secondary N) is 1. The molecule has 1 aliphatic rings. The molecule has 18 heavy (non-hydrogen) atoms. The van der Waals surface area contributed by atoms with Crippen LogP contribution in [0.5, 0.6) is 0 Å². The minimum Gasteiger partial charge on any atom is -0.381 e. The molecule has 0 saturated carbocycles. The zero-order chi connectivity index (χ0) is 12.8. The molecule has 0 aliphatic carbocycles. The lowest BCUT2D eigenvalue weighted by atomic mass is 10.1. The van der Waals surface area contributed by atoms with Gasteiger partial charge in [0.1, 0.15) is 0 Å². The minimum atomic E-state index is 0.660. The summed E-state index contributed by atoms with van der Waals surface area (Å²) >= 11 is 1.77. The van der Waals surface area contributed by atoms with Crippen molar-refractivity contribution in [1.82, 2.24) is 9.88 Å². The molecule has 2 rings (SSSR count). The molecule has 102 valence electrons. The van der Waals surface area contributed by atoms with Gasteiger partial charge in [-0.2, -0.15) is 0 Å². The summed E-state index contributed by atoms with van der Waals surface area (Å²) in [6.07, 6.45) is 5.43. The Hall–Kier alpha value is -0.650. The van der Waals surface area contributed by atoms with Gasteiger partial charge in [-0.25, -0.2) is 4.98 Å². The van der Waals surface area contributed by atoms with Crippen LogP contribution in [0.15, 0.2) is 6.20 Å². The average Bonchev–Trinajstić information content (AvgIpc) is 2.85. The molecule has 0 spiro atoms. The van der Waals surface area contributed by atoms with Gasteiger partial charge in [0.2, 0.25) is 0 Å². The normalized spacial score (nSPS) is 17.3. The first-order valence-corrected chi connectivity index (χ1v) is 7.57. The van der Waals surface area contributed by atoms with E-state index in [0.717, 1.165) is 50.7 Å². The minimum absolute atomic E-state index is 0.660. The summed E-state index contributed by atoms with van der Waals surface area (Å²) in [5, 5.41) is 4.38. The molecule has 0 unspecified atom stereocenters. The number of anilines is 1. The van der Waals surface area contributed by atoms with Crippen LogP contribution in [-0.4, -0.2) is 42.7 Å². The number of thiazole rings is 1. The molecule has 5 heteroatoms. The van der Waals surface area contributed by atoms with E-state index in [9.17, 15) is 0 Å². The Morgan fingerprint density at radius 1 is 1.50 bits per heavy atom. The Labute approximate surface area is 113 Å². The molecule has 0 amide bonds. The molecule has 1 fully saturated rings. The Kier molecular flexibility index (Phi) is 5.41. The van der Waals surface area contributed by atoms with Gasteiger partial charge in [0.15, 0.2) is 5.13 Å². The molecule has 2 heterocycles. The highest BCUT2D eigenvalue weighted by Gasteiger charge is 2.18. The molecule has 1 aromatic heterocycles.